The first kappa shape index (κ1) is 17.7. The van der Waals surface area contributed by atoms with Gasteiger partial charge in [-0.3, -0.25) is 4.79 Å². The van der Waals surface area contributed by atoms with Crippen LogP contribution < -0.4 is 0 Å². The van der Waals surface area contributed by atoms with Gasteiger partial charge in [-0.15, -0.1) is 0 Å². The molecular weight excluding hydrogens is 288 g/mol. The Hall–Kier alpha value is -1.36. The van der Waals surface area contributed by atoms with Crippen molar-refractivity contribution < 1.29 is 18.3 Å². The summed E-state index contributed by atoms with van der Waals surface area (Å²) in [6, 6.07) is 9.17. The van der Waals surface area contributed by atoms with Gasteiger partial charge in [-0.25, -0.2) is 8.42 Å². The lowest BCUT2D eigenvalue weighted by Gasteiger charge is -2.33. The summed E-state index contributed by atoms with van der Waals surface area (Å²) in [4.78, 5) is 11.7. The second-order valence-corrected chi connectivity index (χ2v) is 9.66. The molecule has 5 heteroatoms. The number of carboxylic acids is 1. The number of hydrogen-bond acceptors (Lipinski definition) is 3. The van der Waals surface area contributed by atoms with Crippen LogP contribution in [0, 0.1) is 5.92 Å². The second-order valence-electron chi connectivity index (χ2n) is 6.87. The molecule has 0 bridgehead atoms. The summed E-state index contributed by atoms with van der Waals surface area (Å²) < 4.78 is 23.8. The van der Waals surface area contributed by atoms with E-state index in [9.17, 15) is 18.3 Å². The molecule has 0 amide bonds. The van der Waals surface area contributed by atoms with Crippen LogP contribution in [-0.2, 0) is 20.0 Å². The van der Waals surface area contributed by atoms with Gasteiger partial charge >= 0.3 is 5.97 Å². The maximum absolute atomic E-state index is 12.4. The van der Waals surface area contributed by atoms with Crippen LogP contribution in [0.25, 0.3) is 0 Å². The average Bonchev–Trinajstić information content (AvgIpc) is 2.35. The molecule has 0 saturated heterocycles. The summed E-state index contributed by atoms with van der Waals surface area (Å²) >= 11 is 0. The minimum atomic E-state index is -3.51. The Morgan fingerprint density at radius 2 is 1.57 bits per heavy atom. The maximum atomic E-state index is 12.4. The normalized spacial score (nSPS) is 14.7. The van der Waals surface area contributed by atoms with E-state index in [1.807, 2.05) is 30.3 Å². The molecular formula is C16H24O4S. The van der Waals surface area contributed by atoms with Gasteiger partial charge in [-0.2, -0.15) is 0 Å². The third-order valence-corrected chi connectivity index (χ3v) is 6.64. The fraction of sp³-hybridized carbons (Fsp3) is 0.562. The minimum absolute atomic E-state index is 0.367. The average molecular weight is 312 g/mol. The molecule has 118 valence electrons. The lowest BCUT2D eigenvalue weighted by Crippen LogP contribution is -2.43. The van der Waals surface area contributed by atoms with Crippen molar-refractivity contribution >= 4 is 15.8 Å². The van der Waals surface area contributed by atoms with Crippen molar-refractivity contribution in [2.45, 2.75) is 44.8 Å². The highest BCUT2D eigenvalue weighted by Gasteiger charge is 2.42. The summed E-state index contributed by atoms with van der Waals surface area (Å²) in [7, 11) is -3.51. The third kappa shape index (κ3) is 3.84. The molecule has 0 heterocycles. The summed E-state index contributed by atoms with van der Waals surface area (Å²) in [5.74, 6) is -2.45. The lowest BCUT2D eigenvalue weighted by atomic mass is 9.74. The zero-order valence-corrected chi connectivity index (χ0v) is 14.1. The van der Waals surface area contributed by atoms with Gasteiger partial charge in [-0.05, 0) is 26.3 Å². The standard InChI is InChI=1S/C16H24O4S/c1-15(2,3)21(19,20)11-13(14(17)18)16(4,5)12-9-7-6-8-10-12/h6-10,13H,11H2,1-5H3,(H,17,18)/t13-/m1/s1. The summed E-state index contributed by atoms with van der Waals surface area (Å²) in [5, 5.41) is 9.53. The molecule has 1 aromatic rings. The fourth-order valence-corrected chi connectivity index (χ4v) is 3.62. The molecule has 0 aliphatic rings. The highest BCUT2D eigenvalue weighted by Crippen LogP contribution is 2.34. The SMILES string of the molecule is CC(C)(c1ccccc1)[C@H](CS(=O)(=O)C(C)(C)C)C(=O)O. The molecule has 0 aliphatic carbocycles. The van der Waals surface area contributed by atoms with Crippen molar-refractivity contribution in [3.05, 3.63) is 35.9 Å². The van der Waals surface area contributed by atoms with Gasteiger partial charge in [0.25, 0.3) is 0 Å². The van der Waals surface area contributed by atoms with Gasteiger partial charge in [0.1, 0.15) is 0 Å². The number of carboxylic acid groups (broad SMARTS) is 1. The molecule has 0 fully saturated rings. The van der Waals surface area contributed by atoms with Crippen molar-refractivity contribution in [1.29, 1.82) is 0 Å². The fourth-order valence-electron chi connectivity index (χ4n) is 2.13. The maximum Gasteiger partial charge on any atom is 0.308 e. The first-order valence-electron chi connectivity index (χ1n) is 6.90. The molecule has 0 spiro atoms. The molecule has 21 heavy (non-hydrogen) atoms. The zero-order valence-electron chi connectivity index (χ0n) is 13.3. The van der Waals surface area contributed by atoms with Crippen LogP contribution in [0.4, 0.5) is 0 Å². The molecule has 1 N–H and O–H groups in total. The smallest absolute Gasteiger partial charge is 0.308 e. The molecule has 1 rings (SSSR count). The number of aliphatic carboxylic acids is 1. The van der Waals surface area contributed by atoms with Gasteiger partial charge in [0, 0.05) is 5.41 Å². The van der Waals surface area contributed by atoms with Crippen LogP contribution in [0.2, 0.25) is 0 Å². The van der Waals surface area contributed by atoms with Crippen molar-refractivity contribution in [3.8, 4) is 0 Å². The van der Waals surface area contributed by atoms with Crippen LogP contribution in [-0.4, -0.2) is 30.0 Å². The van der Waals surface area contributed by atoms with Crippen LogP contribution in [0.15, 0.2) is 30.3 Å². The van der Waals surface area contributed by atoms with Crippen LogP contribution in [0.3, 0.4) is 0 Å². The highest BCUT2D eigenvalue weighted by atomic mass is 32.2. The monoisotopic (exact) mass is 312 g/mol. The van der Waals surface area contributed by atoms with E-state index in [0.29, 0.717) is 0 Å². The molecule has 0 aliphatic heterocycles. The van der Waals surface area contributed by atoms with E-state index >= 15 is 0 Å². The van der Waals surface area contributed by atoms with E-state index in [1.54, 1.807) is 34.6 Å². The van der Waals surface area contributed by atoms with Gasteiger partial charge in [0.2, 0.25) is 0 Å². The van der Waals surface area contributed by atoms with E-state index in [-0.39, 0.29) is 5.75 Å². The Kier molecular flexibility index (Phi) is 4.88. The van der Waals surface area contributed by atoms with Crippen molar-refractivity contribution in [2.75, 3.05) is 5.75 Å². The topological polar surface area (TPSA) is 71.4 Å². The molecule has 1 aromatic carbocycles. The molecule has 0 radical (unpaired) electrons. The largest absolute Gasteiger partial charge is 0.481 e. The Morgan fingerprint density at radius 3 is 1.95 bits per heavy atom. The zero-order chi connectivity index (χ0) is 16.5. The van der Waals surface area contributed by atoms with Crippen LogP contribution >= 0.6 is 0 Å². The van der Waals surface area contributed by atoms with E-state index in [4.69, 9.17) is 0 Å². The van der Waals surface area contributed by atoms with Crippen molar-refractivity contribution in [1.82, 2.24) is 0 Å². The molecule has 0 unspecified atom stereocenters. The summed E-state index contributed by atoms with van der Waals surface area (Å²) in [6.07, 6.45) is 0. The second kappa shape index (κ2) is 5.79. The first-order chi connectivity index (χ1) is 9.39. The minimum Gasteiger partial charge on any atom is -0.481 e. The van der Waals surface area contributed by atoms with Crippen LogP contribution in [0.5, 0.6) is 0 Å². The molecule has 0 aromatic heterocycles. The van der Waals surface area contributed by atoms with Gasteiger partial charge in [0.05, 0.1) is 16.4 Å². The molecule has 4 nitrogen and oxygen atoms in total. The number of carbonyl (C=O) groups is 1. The van der Waals surface area contributed by atoms with Gasteiger partial charge in [0.15, 0.2) is 9.84 Å². The predicted molar refractivity (Wildman–Crippen MR) is 84.1 cm³/mol. The summed E-state index contributed by atoms with van der Waals surface area (Å²) in [6.45, 7) is 8.34. The van der Waals surface area contributed by atoms with Gasteiger partial charge < -0.3 is 5.11 Å². The highest BCUT2D eigenvalue weighted by molar-refractivity contribution is 7.92. The lowest BCUT2D eigenvalue weighted by molar-refractivity contribution is -0.143. The number of rotatable bonds is 5. The predicted octanol–water partition coefficient (Wildman–Crippen LogP) is 2.88. The number of benzene rings is 1. The van der Waals surface area contributed by atoms with E-state index in [1.165, 1.54) is 0 Å². The Morgan fingerprint density at radius 1 is 1.10 bits per heavy atom. The Balaban J connectivity index is 3.23. The number of sulfone groups is 1. The number of hydrogen-bond donors (Lipinski definition) is 1. The Bertz CT molecular complexity index is 595. The van der Waals surface area contributed by atoms with Crippen LogP contribution in [0.1, 0.15) is 40.2 Å². The first-order valence-corrected chi connectivity index (χ1v) is 8.55. The molecule has 0 saturated carbocycles. The van der Waals surface area contributed by atoms with E-state index < -0.39 is 31.9 Å². The third-order valence-electron chi connectivity index (χ3n) is 4.01. The Labute approximate surface area is 127 Å². The van der Waals surface area contributed by atoms with E-state index in [2.05, 4.69) is 0 Å². The van der Waals surface area contributed by atoms with Gasteiger partial charge in [-0.1, -0.05) is 44.2 Å². The quantitative estimate of drug-likeness (QED) is 0.907. The van der Waals surface area contributed by atoms with Crippen molar-refractivity contribution in [3.63, 3.8) is 0 Å². The van der Waals surface area contributed by atoms with E-state index in [0.717, 1.165) is 5.56 Å². The summed E-state index contributed by atoms with van der Waals surface area (Å²) in [5.41, 5.74) is 0.0484. The molecule has 1 atom stereocenters. The van der Waals surface area contributed by atoms with Crippen molar-refractivity contribution in [2.24, 2.45) is 5.92 Å².